The van der Waals surface area contributed by atoms with Crippen molar-refractivity contribution in [3.8, 4) is 0 Å². The Morgan fingerprint density at radius 3 is 2.43 bits per heavy atom. The summed E-state index contributed by atoms with van der Waals surface area (Å²) in [7, 11) is 0. The van der Waals surface area contributed by atoms with E-state index in [4.69, 9.17) is 5.11 Å². The summed E-state index contributed by atoms with van der Waals surface area (Å²) in [5.41, 5.74) is 0.896. The number of aromatic carboxylic acids is 1. The van der Waals surface area contributed by atoms with E-state index in [9.17, 15) is 19.2 Å². The third-order valence-corrected chi connectivity index (χ3v) is 2.89. The number of carboxylic acid groups (broad SMARTS) is 1. The molecule has 8 heteroatoms. The maximum absolute atomic E-state index is 11.7. The number of carbonyl (C=O) groups excluding carboxylic acids is 3. The highest BCUT2D eigenvalue weighted by Gasteiger charge is 2.27. The van der Waals surface area contributed by atoms with Gasteiger partial charge in [-0.3, -0.25) is 14.9 Å². The van der Waals surface area contributed by atoms with Gasteiger partial charge in [-0.1, -0.05) is 12.1 Å². The number of rotatable bonds is 5. The summed E-state index contributed by atoms with van der Waals surface area (Å²) in [5.74, 6) is -1.85. The smallest absolute Gasteiger partial charge is 0.335 e. The molecule has 4 amide bonds. The van der Waals surface area contributed by atoms with Crippen molar-refractivity contribution in [1.29, 1.82) is 0 Å². The largest absolute Gasteiger partial charge is 0.478 e. The molecule has 0 atom stereocenters. The molecule has 8 nitrogen and oxygen atoms in total. The minimum absolute atomic E-state index is 0.125. The van der Waals surface area contributed by atoms with Gasteiger partial charge in [-0.15, -0.1) is 0 Å². The highest BCUT2D eigenvalue weighted by atomic mass is 16.4. The molecule has 3 N–H and O–H groups in total. The van der Waals surface area contributed by atoms with Crippen LogP contribution in [0, 0.1) is 0 Å². The van der Waals surface area contributed by atoms with Crippen LogP contribution in [0.3, 0.4) is 0 Å². The van der Waals surface area contributed by atoms with Crippen LogP contribution in [0.1, 0.15) is 15.9 Å². The quantitative estimate of drug-likeness (QED) is 0.636. The molecule has 1 aromatic rings. The molecular weight excluding hydrogens is 278 g/mol. The number of carboxylic acids is 1. The maximum Gasteiger partial charge on any atom is 0.335 e. The molecule has 1 heterocycles. The first kappa shape index (κ1) is 14.5. The van der Waals surface area contributed by atoms with Crippen LogP contribution in [0.5, 0.6) is 0 Å². The zero-order chi connectivity index (χ0) is 15.4. The van der Waals surface area contributed by atoms with Crippen molar-refractivity contribution in [2.45, 2.75) is 6.54 Å². The molecule has 1 aromatic carbocycles. The van der Waals surface area contributed by atoms with Crippen molar-refractivity contribution in [1.82, 2.24) is 15.5 Å². The van der Waals surface area contributed by atoms with Gasteiger partial charge in [-0.05, 0) is 17.7 Å². The normalized spacial score (nSPS) is 14.0. The predicted octanol–water partition coefficient (Wildman–Crippen LogP) is -0.447. The van der Waals surface area contributed by atoms with Crippen LogP contribution in [0.15, 0.2) is 24.3 Å². The molecule has 0 aromatic heterocycles. The summed E-state index contributed by atoms with van der Waals surface area (Å²) in [6.07, 6.45) is 0. The lowest BCUT2D eigenvalue weighted by Crippen LogP contribution is -2.38. The van der Waals surface area contributed by atoms with E-state index in [2.05, 4.69) is 10.6 Å². The molecule has 1 aliphatic rings. The number of benzene rings is 1. The Kier molecular flexibility index (Phi) is 4.17. The molecule has 0 saturated carbocycles. The van der Waals surface area contributed by atoms with Crippen molar-refractivity contribution in [2.24, 2.45) is 0 Å². The number of amides is 4. The van der Waals surface area contributed by atoms with Crippen LogP contribution in [0.25, 0.3) is 0 Å². The Balaban J connectivity index is 1.82. The lowest BCUT2D eigenvalue weighted by atomic mass is 10.1. The van der Waals surface area contributed by atoms with Gasteiger partial charge < -0.3 is 15.3 Å². The number of nitrogens with one attached hydrogen (secondary N) is 2. The predicted molar refractivity (Wildman–Crippen MR) is 70.4 cm³/mol. The number of hydrogen-bond donors (Lipinski definition) is 3. The molecule has 0 bridgehead atoms. The Hall–Kier alpha value is -2.90. The average molecular weight is 291 g/mol. The van der Waals surface area contributed by atoms with Crippen molar-refractivity contribution >= 4 is 23.8 Å². The van der Waals surface area contributed by atoms with E-state index in [0.29, 0.717) is 0 Å². The van der Waals surface area contributed by atoms with Gasteiger partial charge in [0.2, 0.25) is 11.8 Å². The van der Waals surface area contributed by atoms with Gasteiger partial charge in [0.25, 0.3) is 0 Å². The summed E-state index contributed by atoms with van der Waals surface area (Å²) >= 11 is 0. The first-order chi connectivity index (χ1) is 9.95. The fourth-order valence-corrected chi connectivity index (χ4v) is 1.81. The molecule has 0 spiro atoms. The molecular formula is C13H13N3O5. The van der Waals surface area contributed by atoms with Crippen LogP contribution in [-0.2, 0) is 16.1 Å². The van der Waals surface area contributed by atoms with E-state index in [0.717, 1.165) is 10.5 Å². The van der Waals surface area contributed by atoms with Crippen LogP contribution in [0.2, 0.25) is 0 Å². The van der Waals surface area contributed by atoms with E-state index in [1.165, 1.54) is 12.1 Å². The molecule has 0 radical (unpaired) electrons. The van der Waals surface area contributed by atoms with E-state index in [-0.39, 0.29) is 25.2 Å². The zero-order valence-corrected chi connectivity index (χ0v) is 11.0. The van der Waals surface area contributed by atoms with Gasteiger partial charge in [0, 0.05) is 6.54 Å². The lowest BCUT2D eigenvalue weighted by Gasteiger charge is -2.12. The van der Waals surface area contributed by atoms with Crippen LogP contribution >= 0.6 is 0 Å². The molecule has 1 aliphatic heterocycles. The van der Waals surface area contributed by atoms with E-state index >= 15 is 0 Å². The van der Waals surface area contributed by atoms with Gasteiger partial charge in [0.15, 0.2) is 0 Å². The molecule has 0 aliphatic carbocycles. The first-order valence-corrected chi connectivity index (χ1v) is 6.13. The summed E-state index contributed by atoms with van der Waals surface area (Å²) < 4.78 is 0. The second-order valence-electron chi connectivity index (χ2n) is 4.49. The first-order valence-electron chi connectivity index (χ1n) is 6.13. The third-order valence-electron chi connectivity index (χ3n) is 2.89. The topological polar surface area (TPSA) is 116 Å². The second kappa shape index (κ2) is 6.04. The maximum atomic E-state index is 11.7. The van der Waals surface area contributed by atoms with Gasteiger partial charge >= 0.3 is 12.0 Å². The monoisotopic (exact) mass is 291 g/mol. The number of urea groups is 1. The minimum atomic E-state index is -1.02. The number of nitrogens with zero attached hydrogens (tertiary/aromatic N) is 1. The van der Waals surface area contributed by atoms with Gasteiger partial charge in [0.1, 0.15) is 13.1 Å². The van der Waals surface area contributed by atoms with Crippen LogP contribution in [0.4, 0.5) is 4.79 Å². The Bertz CT molecular complexity index is 596. The highest BCUT2D eigenvalue weighted by Crippen LogP contribution is 2.04. The number of hydrogen-bond acceptors (Lipinski definition) is 4. The summed E-state index contributed by atoms with van der Waals surface area (Å²) in [4.78, 5) is 45.7. The third kappa shape index (κ3) is 3.78. The number of imide groups is 1. The standard InChI is InChI=1S/C13H13N3O5/c17-10(6-16-7-11(18)15-13(16)21)14-5-8-1-3-9(4-2-8)12(19)20/h1-4H,5-7H2,(H,14,17)(H,19,20)(H,15,18,21). The van der Waals surface area contributed by atoms with Crippen molar-refractivity contribution in [2.75, 3.05) is 13.1 Å². The minimum Gasteiger partial charge on any atom is -0.478 e. The molecule has 1 saturated heterocycles. The van der Waals surface area contributed by atoms with E-state index < -0.39 is 23.8 Å². The zero-order valence-electron chi connectivity index (χ0n) is 11.0. The van der Waals surface area contributed by atoms with E-state index in [1.54, 1.807) is 12.1 Å². The molecule has 110 valence electrons. The Labute approximate surface area is 119 Å². The number of carbonyl (C=O) groups is 4. The second-order valence-corrected chi connectivity index (χ2v) is 4.49. The summed E-state index contributed by atoms with van der Waals surface area (Å²) in [6, 6.07) is 5.49. The van der Waals surface area contributed by atoms with Crippen molar-refractivity contribution in [3.63, 3.8) is 0 Å². The molecule has 0 unspecified atom stereocenters. The Morgan fingerprint density at radius 2 is 1.90 bits per heavy atom. The van der Waals surface area contributed by atoms with Gasteiger partial charge in [-0.25, -0.2) is 9.59 Å². The van der Waals surface area contributed by atoms with Crippen LogP contribution < -0.4 is 10.6 Å². The average Bonchev–Trinajstić information content (AvgIpc) is 2.75. The Morgan fingerprint density at radius 1 is 1.24 bits per heavy atom. The summed E-state index contributed by atoms with van der Waals surface area (Å²) in [5, 5.41) is 13.4. The summed E-state index contributed by atoms with van der Waals surface area (Å²) in [6.45, 7) is -0.119. The lowest BCUT2D eigenvalue weighted by molar-refractivity contribution is -0.122. The van der Waals surface area contributed by atoms with Gasteiger partial charge in [-0.2, -0.15) is 0 Å². The van der Waals surface area contributed by atoms with Crippen LogP contribution in [-0.4, -0.2) is 46.9 Å². The SMILES string of the molecule is O=C(CN1CC(=O)NC1=O)NCc1ccc(C(=O)O)cc1. The van der Waals surface area contributed by atoms with Crippen molar-refractivity contribution in [3.05, 3.63) is 35.4 Å². The fraction of sp³-hybridized carbons (Fsp3) is 0.231. The molecule has 1 fully saturated rings. The highest BCUT2D eigenvalue weighted by molar-refractivity contribution is 6.03. The van der Waals surface area contributed by atoms with Crippen molar-refractivity contribution < 1.29 is 24.3 Å². The fourth-order valence-electron chi connectivity index (χ4n) is 1.81. The van der Waals surface area contributed by atoms with E-state index in [1.807, 2.05) is 0 Å². The molecule has 21 heavy (non-hydrogen) atoms. The van der Waals surface area contributed by atoms with Gasteiger partial charge in [0.05, 0.1) is 5.56 Å². The molecule has 2 rings (SSSR count).